The lowest BCUT2D eigenvalue weighted by Crippen LogP contribution is -2.43. The summed E-state index contributed by atoms with van der Waals surface area (Å²) in [6.07, 6.45) is 2.61. The summed E-state index contributed by atoms with van der Waals surface area (Å²) in [7, 11) is 0. The number of hydrogen-bond donors (Lipinski definition) is 1. The summed E-state index contributed by atoms with van der Waals surface area (Å²) in [6.45, 7) is 7.89. The predicted molar refractivity (Wildman–Crippen MR) is 81.0 cm³/mol. The van der Waals surface area contributed by atoms with Crippen molar-refractivity contribution in [2.24, 2.45) is 0 Å². The highest BCUT2D eigenvalue weighted by atomic mass is 35.5. The minimum atomic E-state index is 0.853. The van der Waals surface area contributed by atoms with Crippen LogP contribution in [0.25, 0.3) is 0 Å². The van der Waals surface area contributed by atoms with E-state index in [1.807, 2.05) is 6.07 Å². The molecule has 0 unspecified atom stereocenters. The maximum Gasteiger partial charge on any atom is 0.0426 e. The van der Waals surface area contributed by atoms with Crippen LogP contribution in [0.1, 0.15) is 18.4 Å². The van der Waals surface area contributed by atoms with E-state index < -0.39 is 0 Å². The van der Waals surface area contributed by atoms with E-state index in [0.717, 1.165) is 37.7 Å². The Morgan fingerprint density at radius 2 is 1.79 bits per heavy atom. The molecule has 1 N–H and O–H groups in total. The van der Waals surface area contributed by atoms with Crippen LogP contribution >= 0.6 is 11.6 Å². The zero-order valence-corrected chi connectivity index (χ0v) is 12.1. The Bertz CT molecular complexity index is 423. The monoisotopic (exact) mass is 279 g/mol. The normalized spacial score (nSPS) is 21.0. The summed E-state index contributed by atoms with van der Waals surface area (Å²) < 4.78 is 0. The highest BCUT2D eigenvalue weighted by molar-refractivity contribution is 6.30. The second-order valence-corrected chi connectivity index (χ2v) is 5.93. The van der Waals surface area contributed by atoms with Crippen LogP contribution < -0.4 is 10.2 Å². The van der Waals surface area contributed by atoms with Gasteiger partial charge in [0.15, 0.2) is 0 Å². The first kappa shape index (κ1) is 13.2. The molecule has 0 saturated carbocycles. The van der Waals surface area contributed by atoms with Crippen LogP contribution in [0.2, 0.25) is 5.02 Å². The van der Waals surface area contributed by atoms with Gasteiger partial charge in [-0.25, -0.2) is 0 Å². The first-order valence-corrected chi connectivity index (χ1v) is 7.67. The molecule has 2 aliphatic rings. The van der Waals surface area contributed by atoms with E-state index in [1.165, 1.54) is 37.2 Å². The van der Waals surface area contributed by atoms with Crippen LogP contribution in [-0.4, -0.2) is 44.2 Å². The van der Waals surface area contributed by atoms with Gasteiger partial charge in [0.25, 0.3) is 0 Å². The molecule has 3 rings (SSSR count). The topological polar surface area (TPSA) is 18.5 Å². The Balaban J connectivity index is 1.78. The predicted octanol–water partition coefficient (Wildman–Crippen LogP) is 2.35. The zero-order valence-electron chi connectivity index (χ0n) is 11.4. The fraction of sp³-hybridized carbons (Fsp3) is 0.600. The molecule has 2 saturated heterocycles. The summed E-state index contributed by atoms with van der Waals surface area (Å²) in [6, 6.07) is 6.38. The lowest BCUT2D eigenvalue weighted by atomic mass is 10.1. The Kier molecular flexibility index (Phi) is 4.26. The number of piperazine rings is 1. The largest absolute Gasteiger partial charge is 0.371 e. The highest BCUT2D eigenvalue weighted by Gasteiger charge is 2.18. The smallest absolute Gasteiger partial charge is 0.0426 e. The van der Waals surface area contributed by atoms with E-state index in [1.54, 1.807) is 0 Å². The molecule has 0 atom stereocenters. The average Bonchev–Trinajstić information content (AvgIpc) is 2.96. The fourth-order valence-electron chi connectivity index (χ4n) is 3.03. The molecule has 1 aromatic rings. The second-order valence-electron chi connectivity index (χ2n) is 5.49. The van der Waals surface area contributed by atoms with Crippen molar-refractivity contribution in [1.82, 2.24) is 10.2 Å². The first-order chi connectivity index (χ1) is 9.33. The molecule has 0 aromatic heterocycles. The van der Waals surface area contributed by atoms with Crippen molar-refractivity contribution < 1.29 is 0 Å². The molecule has 104 valence electrons. The van der Waals surface area contributed by atoms with Crippen molar-refractivity contribution in [3.05, 3.63) is 28.8 Å². The van der Waals surface area contributed by atoms with Gasteiger partial charge in [-0.05, 0) is 30.5 Å². The molecule has 0 bridgehead atoms. The second kappa shape index (κ2) is 6.12. The third-order valence-corrected chi connectivity index (χ3v) is 4.33. The van der Waals surface area contributed by atoms with Crippen LogP contribution in [0.15, 0.2) is 18.2 Å². The number of nitrogens with zero attached hydrogens (tertiary/aromatic N) is 2. The van der Waals surface area contributed by atoms with E-state index in [2.05, 4.69) is 27.2 Å². The minimum absolute atomic E-state index is 0.853. The summed E-state index contributed by atoms with van der Waals surface area (Å²) in [5, 5.41) is 4.26. The van der Waals surface area contributed by atoms with Crippen molar-refractivity contribution in [3.63, 3.8) is 0 Å². The first-order valence-electron chi connectivity index (χ1n) is 7.29. The van der Waals surface area contributed by atoms with Gasteiger partial charge < -0.3 is 10.2 Å². The number of anilines is 1. The van der Waals surface area contributed by atoms with Crippen molar-refractivity contribution in [2.75, 3.05) is 44.2 Å². The Morgan fingerprint density at radius 1 is 1.05 bits per heavy atom. The van der Waals surface area contributed by atoms with Crippen molar-refractivity contribution in [3.8, 4) is 0 Å². The van der Waals surface area contributed by atoms with Gasteiger partial charge in [0.2, 0.25) is 0 Å². The molecule has 2 fully saturated rings. The van der Waals surface area contributed by atoms with Crippen LogP contribution in [0.3, 0.4) is 0 Å². The Labute approximate surface area is 120 Å². The minimum Gasteiger partial charge on any atom is -0.371 e. The molecule has 3 nitrogen and oxygen atoms in total. The SMILES string of the molecule is Clc1ccc(CN2CCNCC2)c(N2CCCC2)c1. The summed E-state index contributed by atoms with van der Waals surface area (Å²) in [5.74, 6) is 0. The maximum atomic E-state index is 6.19. The summed E-state index contributed by atoms with van der Waals surface area (Å²) in [5.41, 5.74) is 2.77. The molecule has 0 spiro atoms. The van der Waals surface area contributed by atoms with Gasteiger partial charge in [-0.1, -0.05) is 17.7 Å². The van der Waals surface area contributed by atoms with Crippen molar-refractivity contribution in [1.29, 1.82) is 0 Å². The van der Waals surface area contributed by atoms with E-state index in [-0.39, 0.29) is 0 Å². The van der Waals surface area contributed by atoms with Gasteiger partial charge in [-0.2, -0.15) is 0 Å². The molecule has 2 aliphatic heterocycles. The van der Waals surface area contributed by atoms with Crippen molar-refractivity contribution >= 4 is 17.3 Å². The number of hydrogen-bond acceptors (Lipinski definition) is 3. The van der Waals surface area contributed by atoms with E-state index in [0.29, 0.717) is 0 Å². The number of rotatable bonds is 3. The lowest BCUT2D eigenvalue weighted by Gasteiger charge is -2.29. The molecule has 4 heteroatoms. The van der Waals surface area contributed by atoms with E-state index >= 15 is 0 Å². The Hall–Kier alpha value is -0.770. The summed E-state index contributed by atoms with van der Waals surface area (Å²) in [4.78, 5) is 5.02. The summed E-state index contributed by atoms with van der Waals surface area (Å²) >= 11 is 6.19. The van der Waals surface area contributed by atoms with Crippen LogP contribution in [0.5, 0.6) is 0 Å². The van der Waals surface area contributed by atoms with Crippen LogP contribution in [-0.2, 0) is 6.54 Å². The van der Waals surface area contributed by atoms with Gasteiger partial charge in [0, 0.05) is 56.5 Å². The lowest BCUT2D eigenvalue weighted by molar-refractivity contribution is 0.233. The van der Waals surface area contributed by atoms with Crippen LogP contribution in [0, 0.1) is 0 Å². The molecule has 0 aliphatic carbocycles. The molecular formula is C15H22ClN3. The molecule has 19 heavy (non-hydrogen) atoms. The van der Waals surface area contributed by atoms with Crippen LogP contribution in [0.4, 0.5) is 5.69 Å². The van der Waals surface area contributed by atoms with Gasteiger partial charge in [0.1, 0.15) is 0 Å². The van der Waals surface area contributed by atoms with Crippen molar-refractivity contribution in [2.45, 2.75) is 19.4 Å². The Morgan fingerprint density at radius 3 is 2.53 bits per heavy atom. The average molecular weight is 280 g/mol. The third kappa shape index (κ3) is 3.22. The molecule has 0 radical (unpaired) electrons. The van der Waals surface area contributed by atoms with Gasteiger partial charge in [0.05, 0.1) is 0 Å². The van der Waals surface area contributed by atoms with Gasteiger partial charge in [-0.15, -0.1) is 0 Å². The molecule has 1 aromatic carbocycles. The quantitative estimate of drug-likeness (QED) is 0.916. The van der Waals surface area contributed by atoms with E-state index in [9.17, 15) is 0 Å². The van der Waals surface area contributed by atoms with Gasteiger partial charge in [-0.3, -0.25) is 4.90 Å². The number of halogens is 1. The number of benzene rings is 1. The molecular weight excluding hydrogens is 258 g/mol. The van der Waals surface area contributed by atoms with Gasteiger partial charge >= 0.3 is 0 Å². The molecule has 2 heterocycles. The standard InChI is InChI=1S/C15H22ClN3/c16-14-4-3-13(12-18-9-5-17-6-10-18)15(11-14)19-7-1-2-8-19/h3-4,11,17H,1-2,5-10,12H2. The maximum absolute atomic E-state index is 6.19. The fourth-order valence-corrected chi connectivity index (χ4v) is 3.20. The van der Waals surface area contributed by atoms with E-state index in [4.69, 9.17) is 11.6 Å². The highest BCUT2D eigenvalue weighted by Crippen LogP contribution is 2.29. The zero-order chi connectivity index (χ0) is 13.1. The molecule has 0 amide bonds. The third-order valence-electron chi connectivity index (χ3n) is 4.10. The number of nitrogens with one attached hydrogen (secondary N) is 1.